The van der Waals surface area contributed by atoms with Crippen LogP contribution in [0.3, 0.4) is 0 Å². The fourth-order valence-corrected chi connectivity index (χ4v) is 0.391. The predicted molar refractivity (Wildman–Crippen MR) is 31.1 cm³/mol. The Kier molecular flexibility index (Phi) is 15.4. The summed E-state index contributed by atoms with van der Waals surface area (Å²) in [7, 11) is 0. The Balaban J connectivity index is -0.000000320. The summed E-state index contributed by atoms with van der Waals surface area (Å²) in [6.45, 7) is 0. The van der Waals surface area contributed by atoms with Gasteiger partial charge in [-0.2, -0.15) is 0 Å². The standard InChI is InChI=1S/C5H8O4.Na.H2O/c6-4(7)2-1-3-5(8)9;;/h1-3H2,(H,6,7)(H,8,9);;1H2/q;+1;/p-1. The van der Waals surface area contributed by atoms with Crippen molar-refractivity contribution < 1.29 is 54.8 Å². The second-order valence-electron chi connectivity index (χ2n) is 1.64. The van der Waals surface area contributed by atoms with Crippen molar-refractivity contribution in [2.24, 2.45) is 0 Å². The molecule has 60 valence electrons. The average Bonchev–Trinajstić information content (AvgIpc) is 1.63. The molecule has 0 aliphatic rings. The zero-order chi connectivity index (χ0) is 7.28. The van der Waals surface area contributed by atoms with Crippen LogP contribution in [0.4, 0.5) is 0 Å². The van der Waals surface area contributed by atoms with Crippen LogP contribution >= 0.6 is 0 Å². The van der Waals surface area contributed by atoms with Gasteiger partial charge in [0.15, 0.2) is 0 Å². The smallest absolute Gasteiger partial charge is 0.870 e. The second kappa shape index (κ2) is 9.90. The number of hydrogen-bond acceptors (Lipinski definition) is 3. The average molecular weight is 172 g/mol. The van der Waals surface area contributed by atoms with E-state index >= 15 is 0 Å². The number of rotatable bonds is 4. The Morgan fingerprint density at radius 3 is 1.45 bits per heavy atom. The molecule has 3 N–H and O–H groups in total. The quantitative estimate of drug-likeness (QED) is 0.444. The minimum absolute atomic E-state index is 0. The molecule has 0 unspecified atom stereocenters. The van der Waals surface area contributed by atoms with Gasteiger partial charge < -0.3 is 15.7 Å². The predicted octanol–water partition coefficient (Wildman–Crippen LogP) is -2.85. The van der Waals surface area contributed by atoms with Crippen molar-refractivity contribution >= 4 is 11.9 Å². The number of carboxylic acid groups (broad SMARTS) is 2. The molecule has 0 amide bonds. The Bertz CT molecular complexity index is 110. The molecule has 0 aromatic rings. The SMILES string of the molecule is O=C(O)CCCC(=O)O.[Na+].[OH-]. The van der Waals surface area contributed by atoms with Crippen molar-refractivity contribution in [2.45, 2.75) is 19.3 Å². The van der Waals surface area contributed by atoms with E-state index in [4.69, 9.17) is 10.2 Å². The summed E-state index contributed by atoms with van der Waals surface area (Å²) in [4.78, 5) is 19.6. The van der Waals surface area contributed by atoms with E-state index in [0.29, 0.717) is 0 Å². The fraction of sp³-hybridized carbons (Fsp3) is 0.600. The zero-order valence-electron chi connectivity index (χ0n) is 6.28. The van der Waals surface area contributed by atoms with Gasteiger partial charge in [0.25, 0.3) is 0 Å². The molecule has 0 heterocycles. The molecule has 0 saturated carbocycles. The van der Waals surface area contributed by atoms with Crippen molar-refractivity contribution in [2.75, 3.05) is 0 Å². The van der Waals surface area contributed by atoms with Gasteiger partial charge in [-0.05, 0) is 6.42 Å². The monoisotopic (exact) mass is 172 g/mol. The first kappa shape index (κ1) is 17.1. The number of carboxylic acids is 2. The normalized spacial score (nSPS) is 7.27. The molecular formula is C5H9NaO5. The molecule has 0 saturated heterocycles. The van der Waals surface area contributed by atoms with Crippen LogP contribution in [0.5, 0.6) is 0 Å². The van der Waals surface area contributed by atoms with Gasteiger partial charge in [0, 0.05) is 12.8 Å². The Hall–Kier alpha value is -0.100. The van der Waals surface area contributed by atoms with Crippen LogP contribution in [0.1, 0.15) is 19.3 Å². The van der Waals surface area contributed by atoms with Crippen LogP contribution in [-0.2, 0) is 9.59 Å². The van der Waals surface area contributed by atoms with E-state index in [1.54, 1.807) is 0 Å². The van der Waals surface area contributed by atoms with Crippen LogP contribution in [0.25, 0.3) is 0 Å². The zero-order valence-corrected chi connectivity index (χ0v) is 8.28. The number of hydrogen-bond donors (Lipinski definition) is 2. The third-order valence-corrected chi connectivity index (χ3v) is 0.781. The molecule has 0 aliphatic heterocycles. The minimum atomic E-state index is -0.948. The van der Waals surface area contributed by atoms with Crippen molar-refractivity contribution in [1.29, 1.82) is 0 Å². The fourth-order valence-electron chi connectivity index (χ4n) is 0.391. The van der Waals surface area contributed by atoms with Crippen LogP contribution in [0.15, 0.2) is 0 Å². The van der Waals surface area contributed by atoms with Crippen molar-refractivity contribution in [1.82, 2.24) is 0 Å². The van der Waals surface area contributed by atoms with Gasteiger partial charge in [-0.15, -0.1) is 0 Å². The number of carbonyl (C=O) groups is 2. The molecule has 0 radical (unpaired) electrons. The first-order valence-corrected chi connectivity index (χ1v) is 2.56. The maximum absolute atomic E-state index is 9.79. The topological polar surface area (TPSA) is 105 Å². The van der Waals surface area contributed by atoms with E-state index in [-0.39, 0.29) is 54.3 Å². The molecule has 0 aromatic carbocycles. The second-order valence-corrected chi connectivity index (χ2v) is 1.64. The van der Waals surface area contributed by atoms with E-state index < -0.39 is 11.9 Å². The van der Waals surface area contributed by atoms with Gasteiger partial charge in [-0.3, -0.25) is 9.59 Å². The van der Waals surface area contributed by atoms with Gasteiger partial charge in [-0.1, -0.05) is 0 Å². The Morgan fingerprint density at radius 1 is 1.00 bits per heavy atom. The molecule has 0 aromatic heterocycles. The largest absolute Gasteiger partial charge is 1.00 e. The number of aliphatic carboxylic acids is 2. The molecule has 6 heteroatoms. The maximum Gasteiger partial charge on any atom is 1.00 e. The first-order valence-electron chi connectivity index (χ1n) is 2.56. The Morgan fingerprint density at radius 2 is 1.27 bits per heavy atom. The third-order valence-electron chi connectivity index (χ3n) is 0.781. The summed E-state index contributed by atoms with van der Waals surface area (Å²) >= 11 is 0. The molecular weight excluding hydrogens is 163 g/mol. The summed E-state index contributed by atoms with van der Waals surface area (Å²) in [6, 6.07) is 0. The Labute approximate surface area is 86.0 Å². The molecule has 0 spiro atoms. The summed E-state index contributed by atoms with van der Waals surface area (Å²) in [5.41, 5.74) is 0. The van der Waals surface area contributed by atoms with Crippen LogP contribution in [-0.4, -0.2) is 27.6 Å². The molecule has 0 fully saturated rings. The summed E-state index contributed by atoms with van der Waals surface area (Å²) < 4.78 is 0. The summed E-state index contributed by atoms with van der Waals surface area (Å²) in [5, 5.41) is 16.1. The molecule has 0 rings (SSSR count). The molecule has 0 bridgehead atoms. The van der Waals surface area contributed by atoms with E-state index in [0.717, 1.165) is 0 Å². The first-order chi connectivity index (χ1) is 4.13. The molecule has 0 aliphatic carbocycles. The van der Waals surface area contributed by atoms with Crippen molar-refractivity contribution in [3.05, 3.63) is 0 Å². The molecule has 0 atom stereocenters. The van der Waals surface area contributed by atoms with Crippen LogP contribution in [0.2, 0.25) is 0 Å². The van der Waals surface area contributed by atoms with E-state index in [2.05, 4.69) is 0 Å². The summed E-state index contributed by atoms with van der Waals surface area (Å²) in [6.07, 6.45) is 0.0866. The van der Waals surface area contributed by atoms with Gasteiger partial charge in [0.05, 0.1) is 0 Å². The van der Waals surface area contributed by atoms with Gasteiger partial charge in [-0.25, -0.2) is 0 Å². The van der Waals surface area contributed by atoms with Crippen LogP contribution < -0.4 is 29.6 Å². The molecule has 11 heavy (non-hydrogen) atoms. The summed E-state index contributed by atoms with van der Waals surface area (Å²) in [5.74, 6) is -1.90. The van der Waals surface area contributed by atoms with E-state index in [1.165, 1.54) is 0 Å². The van der Waals surface area contributed by atoms with Gasteiger partial charge in [0.1, 0.15) is 0 Å². The van der Waals surface area contributed by atoms with E-state index in [1.807, 2.05) is 0 Å². The van der Waals surface area contributed by atoms with Gasteiger partial charge >= 0.3 is 41.5 Å². The van der Waals surface area contributed by atoms with E-state index in [9.17, 15) is 9.59 Å². The van der Waals surface area contributed by atoms with Gasteiger partial charge in [0.2, 0.25) is 0 Å². The molecule has 5 nitrogen and oxygen atoms in total. The maximum atomic E-state index is 9.79. The van der Waals surface area contributed by atoms with Crippen LogP contribution in [0, 0.1) is 0 Å². The van der Waals surface area contributed by atoms with Crippen molar-refractivity contribution in [3.8, 4) is 0 Å². The minimum Gasteiger partial charge on any atom is -0.870 e. The third kappa shape index (κ3) is 17.7. The van der Waals surface area contributed by atoms with Crippen molar-refractivity contribution in [3.63, 3.8) is 0 Å².